The van der Waals surface area contributed by atoms with Gasteiger partial charge in [0.25, 0.3) is 0 Å². The molecule has 0 rings (SSSR count). The Morgan fingerprint density at radius 2 is 2.21 bits per heavy atom. The van der Waals surface area contributed by atoms with E-state index < -0.39 is 6.04 Å². The van der Waals surface area contributed by atoms with Gasteiger partial charge in [-0.1, -0.05) is 25.8 Å². The lowest BCUT2D eigenvalue weighted by molar-refractivity contribution is -0.145. The number of methoxy groups -OCH3 is 1. The number of allylic oxidation sites excluding steroid dienone is 1. The molecule has 0 fully saturated rings. The fourth-order valence-corrected chi connectivity index (χ4v) is 2.12. The summed E-state index contributed by atoms with van der Waals surface area (Å²) >= 11 is 5.49. The molecule has 0 spiro atoms. The van der Waals surface area contributed by atoms with Crippen molar-refractivity contribution in [1.29, 1.82) is 0 Å². The molecule has 0 bridgehead atoms. The van der Waals surface area contributed by atoms with Crippen LogP contribution in [0.5, 0.6) is 0 Å². The molecular weight excluding hydrogens is 282 g/mol. The summed E-state index contributed by atoms with van der Waals surface area (Å²) < 4.78 is 4.68. The SMILES string of the molecule is CCCC[C@H](NC(=O)CS/C=C/CCS)C(=O)OC. The molecule has 0 aromatic rings. The lowest BCUT2D eigenvalue weighted by Gasteiger charge is -2.15. The third-order valence-electron chi connectivity index (χ3n) is 2.37. The van der Waals surface area contributed by atoms with E-state index in [0.29, 0.717) is 12.2 Å². The number of amides is 1. The number of thioether (sulfide) groups is 1. The van der Waals surface area contributed by atoms with Crippen LogP contribution in [0.1, 0.15) is 32.6 Å². The van der Waals surface area contributed by atoms with Gasteiger partial charge in [0.1, 0.15) is 6.04 Å². The van der Waals surface area contributed by atoms with Crippen molar-refractivity contribution in [2.75, 3.05) is 18.6 Å². The number of hydrogen-bond donors (Lipinski definition) is 2. The number of ether oxygens (including phenoxy) is 1. The number of thiol groups is 1. The minimum Gasteiger partial charge on any atom is -0.467 e. The maximum absolute atomic E-state index is 11.7. The van der Waals surface area contributed by atoms with Gasteiger partial charge in [0, 0.05) is 0 Å². The van der Waals surface area contributed by atoms with Gasteiger partial charge in [0.15, 0.2) is 0 Å². The Bertz CT molecular complexity index is 296. The Labute approximate surface area is 125 Å². The zero-order chi connectivity index (χ0) is 14.5. The van der Waals surface area contributed by atoms with Crippen molar-refractivity contribution in [3.05, 3.63) is 11.5 Å². The third-order valence-corrected chi connectivity index (χ3v) is 3.44. The van der Waals surface area contributed by atoms with Crippen LogP contribution < -0.4 is 5.32 Å². The van der Waals surface area contributed by atoms with Gasteiger partial charge in [-0.05, 0) is 24.0 Å². The summed E-state index contributed by atoms with van der Waals surface area (Å²) in [5, 5.41) is 4.59. The fourth-order valence-electron chi connectivity index (χ4n) is 1.37. The summed E-state index contributed by atoms with van der Waals surface area (Å²) in [6.07, 6.45) is 5.34. The van der Waals surface area contributed by atoms with E-state index in [4.69, 9.17) is 0 Å². The number of nitrogens with one attached hydrogen (secondary N) is 1. The zero-order valence-corrected chi connectivity index (χ0v) is 13.3. The minimum absolute atomic E-state index is 0.146. The Balaban J connectivity index is 4.04. The second-order valence-electron chi connectivity index (χ2n) is 3.98. The van der Waals surface area contributed by atoms with Gasteiger partial charge in [-0.25, -0.2) is 4.79 Å². The average Bonchev–Trinajstić information content (AvgIpc) is 2.42. The van der Waals surface area contributed by atoms with Crippen molar-refractivity contribution in [1.82, 2.24) is 5.32 Å². The highest BCUT2D eigenvalue weighted by Gasteiger charge is 2.20. The molecule has 6 heteroatoms. The largest absolute Gasteiger partial charge is 0.467 e. The van der Waals surface area contributed by atoms with Crippen LogP contribution in [0.4, 0.5) is 0 Å². The summed E-state index contributed by atoms with van der Waals surface area (Å²) in [5.74, 6) is 0.581. The molecule has 0 aromatic carbocycles. The van der Waals surface area contributed by atoms with Gasteiger partial charge in [-0.3, -0.25) is 4.79 Å². The topological polar surface area (TPSA) is 55.4 Å². The zero-order valence-electron chi connectivity index (χ0n) is 11.6. The number of rotatable bonds is 10. The van der Waals surface area contributed by atoms with E-state index in [0.717, 1.165) is 25.0 Å². The summed E-state index contributed by atoms with van der Waals surface area (Å²) in [4.78, 5) is 23.2. The molecule has 0 saturated carbocycles. The molecule has 0 aromatic heterocycles. The highest BCUT2D eigenvalue weighted by Crippen LogP contribution is 2.06. The lowest BCUT2D eigenvalue weighted by Crippen LogP contribution is -2.42. The Morgan fingerprint density at radius 1 is 1.47 bits per heavy atom. The number of carbonyl (C=O) groups excluding carboxylic acids is 2. The first-order valence-electron chi connectivity index (χ1n) is 6.40. The summed E-state index contributed by atoms with van der Waals surface area (Å²) in [5.41, 5.74) is 0. The molecule has 0 aliphatic rings. The minimum atomic E-state index is -0.528. The monoisotopic (exact) mass is 305 g/mol. The Morgan fingerprint density at radius 3 is 2.79 bits per heavy atom. The van der Waals surface area contributed by atoms with E-state index >= 15 is 0 Å². The molecule has 0 radical (unpaired) electrons. The van der Waals surface area contributed by atoms with Crippen molar-refractivity contribution >= 4 is 36.3 Å². The molecule has 1 atom stereocenters. The lowest BCUT2D eigenvalue weighted by atomic mass is 10.1. The predicted molar refractivity (Wildman–Crippen MR) is 83.5 cm³/mol. The molecule has 0 heterocycles. The third kappa shape index (κ3) is 9.90. The highest BCUT2D eigenvalue weighted by molar-refractivity contribution is 8.02. The number of hydrogen-bond acceptors (Lipinski definition) is 5. The first-order valence-corrected chi connectivity index (χ1v) is 8.08. The highest BCUT2D eigenvalue weighted by atomic mass is 32.2. The molecule has 0 unspecified atom stereocenters. The maximum Gasteiger partial charge on any atom is 0.328 e. The standard InChI is InChI=1S/C13H23NO3S2/c1-3-4-7-11(13(16)17-2)14-12(15)10-19-9-6-5-8-18/h6,9,11,18H,3-5,7-8,10H2,1-2H3,(H,14,15)/b9-6+/t11-/m0/s1. The second kappa shape index (κ2) is 12.4. The van der Waals surface area contributed by atoms with Crippen molar-refractivity contribution < 1.29 is 14.3 Å². The van der Waals surface area contributed by atoms with Crippen molar-refractivity contribution in [2.45, 2.75) is 38.6 Å². The van der Waals surface area contributed by atoms with Crippen LogP contribution in [0.3, 0.4) is 0 Å². The average molecular weight is 305 g/mol. The molecule has 1 N–H and O–H groups in total. The van der Waals surface area contributed by atoms with E-state index in [2.05, 4.69) is 22.7 Å². The predicted octanol–water partition coefficient (Wildman–Crippen LogP) is 2.40. The normalized spacial score (nSPS) is 12.4. The van der Waals surface area contributed by atoms with Crippen molar-refractivity contribution in [3.8, 4) is 0 Å². The quantitative estimate of drug-likeness (QED) is 0.481. The van der Waals surface area contributed by atoms with Crippen LogP contribution in [0.2, 0.25) is 0 Å². The Hall–Kier alpha value is -0.620. The summed E-state index contributed by atoms with van der Waals surface area (Å²) in [6, 6.07) is -0.528. The van der Waals surface area contributed by atoms with Crippen LogP contribution in [-0.4, -0.2) is 36.5 Å². The van der Waals surface area contributed by atoms with E-state index in [1.165, 1.54) is 18.9 Å². The van der Waals surface area contributed by atoms with Crippen LogP contribution in [-0.2, 0) is 14.3 Å². The van der Waals surface area contributed by atoms with Crippen LogP contribution in [0.25, 0.3) is 0 Å². The fraction of sp³-hybridized carbons (Fsp3) is 0.692. The molecule has 0 saturated heterocycles. The molecule has 110 valence electrons. The van der Waals surface area contributed by atoms with E-state index in [1.54, 1.807) is 0 Å². The van der Waals surface area contributed by atoms with E-state index in [-0.39, 0.29) is 11.9 Å². The van der Waals surface area contributed by atoms with Gasteiger partial charge in [0.05, 0.1) is 12.9 Å². The molecule has 1 amide bonds. The molecular formula is C13H23NO3S2. The summed E-state index contributed by atoms with van der Waals surface area (Å²) in [6.45, 7) is 2.04. The summed E-state index contributed by atoms with van der Waals surface area (Å²) in [7, 11) is 1.34. The number of esters is 1. The Kier molecular flexibility index (Phi) is 12.0. The van der Waals surface area contributed by atoms with Crippen molar-refractivity contribution in [2.24, 2.45) is 0 Å². The first kappa shape index (κ1) is 18.4. The molecule has 19 heavy (non-hydrogen) atoms. The number of unbranched alkanes of at least 4 members (excludes halogenated alkanes) is 1. The van der Waals surface area contributed by atoms with Crippen LogP contribution >= 0.6 is 24.4 Å². The maximum atomic E-state index is 11.7. The first-order chi connectivity index (χ1) is 9.15. The van der Waals surface area contributed by atoms with E-state index in [1.807, 2.05) is 18.4 Å². The van der Waals surface area contributed by atoms with Crippen LogP contribution in [0, 0.1) is 0 Å². The van der Waals surface area contributed by atoms with Gasteiger partial charge < -0.3 is 10.1 Å². The van der Waals surface area contributed by atoms with Crippen molar-refractivity contribution in [3.63, 3.8) is 0 Å². The second-order valence-corrected chi connectivity index (χ2v) is 5.32. The van der Waals surface area contributed by atoms with Crippen LogP contribution in [0.15, 0.2) is 11.5 Å². The van der Waals surface area contributed by atoms with Gasteiger partial charge in [-0.2, -0.15) is 12.6 Å². The van der Waals surface area contributed by atoms with E-state index in [9.17, 15) is 9.59 Å². The smallest absolute Gasteiger partial charge is 0.328 e. The van der Waals surface area contributed by atoms with Gasteiger partial charge >= 0.3 is 5.97 Å². The van der Waals surface area contributed by atoms with Gasteiger partial charge in [-0.15, -0.1) is 11.8 Å². The molecule has 0 aliphatic heterocycles. The molecule has 0 aliphatic carbocycles. The van der Waals surface area contributed by atoms with Gasteiger partial charge in [0.2, 0.25) is 5.91 Å². The molecule has 4 nitrogen and oxygen atoms in total. The number of carbonyl (C=O) groups is 2.